The standard InChI is InChI=1S/C72H52N2/c1-71(2)65-28-14-16-30-67(65)72(68-31-17-15-29-66(68)71)64-44-38-55(61-27-13-18-32-70(61)74(57-25-7-4-8-26-57)60-42-36-50-20-10-12-22-53(50)46-60)47-63(64)62-43-37-54(48-69(62)72)51-33-39-58(40-34-51)73(56-23-5-3-6-24-56)59-41-35-49-19-9-11-21-52(49)45-59/h3-48H,1-2H3. The summed E-state index contributed by atoms with van der Waals surface area (Å²) in [5.41, 5.74) is 21.3. The molecule has 0 radical (unpaired) electrons. The highest BCUT2D eigenvalue weighted by molar-refractivity contribution is 5.97. The molecule has 2 aliphatic carbocycles. The summed E-state index contributed by atoms with van der Waals surface area (Å²) < 4.78 is 0. The van der Waals surface area contributed by atoms with Crippen molar-refractivity contribution in [3.05, 3.63) is 312 Å². The van der Waals surface area contributed by atoms with E-state index in [1.165, 1.54) is 88.3 Å². The van der Waals surface area contributed by atoms with E-state index in [1.54, 1.807) is 0 Å². The molecule has 1 spiro atoms. The van der Waals surface area contributed by atoms with E-state index in [-0.39, 0.29) is 5.41 Å². The summed E-state index contributed by atoms with van der Waals surface area (Å²) >= 11 is 0. The first-order chi connectivity index (χ1) is 36.4. The first-order valence-corrected chi connectivity index (χ1v) is 25.8. The van der Waals surface area contributed by atoms with Crippen LogP contribution in [0.25, 0.3) is 54.9 Å². The van der Waals surface area contributed by atoms with Gasteiger partial charge in [0.1, 0.15) is 0 Å². The normalized spacial score (nSPS) is 13.5. The predicted molar refractivity (Wildman–Crippen MR) is 311 cm³/mol. The summed E-state index contributed by atoms with van der Waals surface area (Å²) in [5, 5.41) is 4.89. The first-order valence-electron chi connectivity index (χ1n) is 25.8. The summed E-state index contributed by atoms with van der Waals surface area (Å²) in [6.45, 7) is 4.80. The van der Waals surface area contributed by atoms with E-state index in [1.807, 2.05) is 0 Å². The summed E-state index contributed by atoms with van der Waals surface area (Å²) in [4.78, 5) is 4.78. The Kier molecular flexibility index (Phi) is 10.1. The molecule has 0 aromatic heterocycles. The van der Waals surface area contributed by atoms with Crippen LogP contribution in [0.4, 0.5) is 34.1 Å². The Morgan fingerprint density at radius 1 is 0.243 bits per heavy atom. The number of rotatable bonds is 8. The molecular formula is C72H52N2. The third-order valence-corrected chi connectivity index (χ3v) is 16.1. The van der Waals surface area contributed by atoms with Crippen LogP contribution in [0.1, 0.15) is 47.2 Å². The van der Waals surface area contributed by atoms with E-state index < -0.39 is 5.41 Å². The minimum Gasteiger partial charge on any atom is -0.310 e. The van der Waals surface area contributed by atoms with Gasteiger partial charge in [-0.3, -0.25) is 0 Å². The zero-order valence-electron chi connectivity index (χ0n) is 41.5. The molecule has 0 unspecified atom stereocenters. The van der Waals surface area contributed by atoms with E-state index in [0.717, 1.165) is 34.1 Å². The average molecular weight is 945 g/mol. The van der Waals surface area contributed by atoms with Gasteiger partial charge in [0, 0.05) is 39.4 Å². The number of para-hydroxylation sites is 3. The topological polar surface area (TPSA) is 6.48 Å². The van der Waals surface area contributed by atoms with Gasteiger partial charge in [-0.1, -0.05) is 214 Å². The van der Waals surface area contributed by atoms with E-state index in [4.69, 9.17) is 0 Å². The molecule has 2 heteroatoms. The number of anilines is 6. The van der Waals surface area contributed by atoms with Gasteiger partial charge in [-0.2, -0.15) is 0 Å². The Bertz CT molecular complexity index is 4060. The molecule has 2 nitrogen and oxygen atoms in total. The predicted octanol–water partition coefficient (Wildman–Crippen LogP) is 19.3. The summed E-state index contributed by atoms with van der Waals surface area (Å²) in [7, 11) is 0. The van der Waals surface area contributed by atoms with Gasteiger partial charge in [0.2, 0.25) is 0 Å². The second-order valence-electron chi connectivity index (χ2n) is 20.5. The fourth-order valence-electron chi connectivity index (χ4n) is 12.6. The van der Waals surface area contributed by atoms with E-state index in [0.29, 0.717) is 0 Å². The number of hydrogen-bond donors (Lipinski definition) is 0. The van der Waals surface area contributed by atoms with Crippen LogP contribution in [0.15, 0.2) is 279 Å². The lowest BCUT2D eigenvalue weighted by Gasteiger charge is -2.46. The molecule has 14 rings (SSSR count). The molecule has 0 saturated carbocycles. The van der Waals surface area contributed by atoms with Crippen LogP contribution in [0.2, 0.25) is 0 Å². The molecule has 0 N–H and O–H groups in total. The van der Waals surface area contributed by atoms with Crippen LogP contribution in [-0.2, 0) is 10.8 Å². The minimum atomic E-state index is -0.553. The van der Waals surface area contributed by atoms with E-state index in [2.05, 4.69) is 303 Å². The van der Waals surface area contributed by atoms with Gasteiger partial charge < -0.3 is 9.80 Å². The maximum absolute atomic E-state index is 2.51. The molecule has 0 heterocycles. The average Bonchev–Trinajstić information content (AvgIpc) is 3.93. The van der Waals surface area contributed by atoms with E-state index in [9.17, 15) is 0 Å². The van der Waals surface area contributed by atoms with E-state index >= 15 is 0 Å². The molecule has 0 aliphatic heterocycles. The Morgan fingerprint density at radius 2 is 0.703 bits per heavy atom. The van der Waals surface area contributed by atoms with Gasteiger partial charge in [0.15, 0.2) is 0 Å². The lowest BCUT2D eigenvalue weighted by Crippen LogP contribution is -2.40. The highest BCUT2D eigenvalue weighted by Gasteiger charge is 2.53. The van der Waals surface area contributed by atoms with Crippen molar-refractivity contribution >= 4 is 55.7 Å². The van der Waals surface area contributed by atoms with Crippen molar-refractivity contribution < 1.29 is 0 Å². The molecular weight excluding hydrogens is 893 g/mol. The monoisotopic (exact) mass is 944 g/mol. The van der Waals surface area contributed by atoms with Gasteiger partial charge >= 0.3 is 0 Å². The zero-order chi connectivity index (χ0) is 49.4. The number of fused-ring (bicyclic) bond motifs is 11. The van der Waals surface area contributed by atoms with Gasteiger partial charge in [-0.15, -0.1) is 0 Å². The Hall–Kier alpha value is -9.24. The molecule has 74 heavy (non-hydrogen) atoms. The van der Waals surface area contributed by atoms with Crippen molar-refractivity contribution in [3.63, 3.8) is 0 Å². The molecule has 0 atom stereocenters. The van der Waals surface area contributed by atoms with Gasteiger partial charge in [0.25, 0.3) is 0 Å². The lowest BCUT2D eigenvalue weighted by atomic mass is 9.55. The minimum absolute atomic E-state index is 0.201. The van der Waals surface area contributed by atoms with Crippen molar-refractivity contribution in [1.29, 1.82) is 0 Å². The highest BCUT2D eigenvalue weighted by Crippen LogP contribution is 2.63. The maximum Gasteiger partial charge on any atom is 0.0719 e. The molecule has 12 aromatic rings. The highest BCUT2D eigenvalue weighted by atomic mass is 15.1. The fourth-order valence-corrected chi connectivity index (χ4v) is 12.6. The van der Waals surface area contributed by atoms with Crippen molar-refractivity contribution in [1.82, 2.24) is 0 Å². The lowest BCUT2D eigenvalue weighted by molar-refractivity contribution is 0.563. The summed E-state index contributed by atoms with van der Waals surface area (Å²) in [6.07, 6.45) is 0. The van der Waals surface area contributed by atoms with Gasteiger partial charge in [-0.05, 0) is 162 Å². The molecule has 0 amide bonds. The molecule has 0 bridgehead atoms. The largest absolute Gasteiger partial charge is 0.310 e. The number of nitrogens with zero attached hydrogens (tertiary/aromatic N) is 2. The van der Waals surface area contributed by atoms with Crippen molar-refractivity contribution in [3.8, 4) is 33.4 Å². The Balaban J connectivity index is 0.945. The zero-order valence-corrected chi connectivity index (χ0v) is 41.5. The second kappa shape index (κ2) is 17.2. The van der Waals surface area contributed by atoms with Gasteiger partial charge in [-0.25, -0.2) is 0 Å². The maximum atomic E-state index is 2.51. The summed E-state index contributed by atoms with van der Waals surface area (Å²) in [5.74, 6) is 0. The second-order valence-corrected chi connectivity index (χ2v) is 20.5. The summed E-state index contributed by atoms with van der Waals surface area (Å²) in [6, 6.07) is 103. The Morgan fingerprint density at radius 3 is 1.32 bits per heavy atom. The third-order valence-electron chi connectivity index (χ3n) is 16.1. The quantitative estimate of drug-likeness (QED) is 0.150. The van der Waals surface area contributed by atoms with Gasteiger partial charge in [0.05, 0.1) is 11.1 Å². The van der Waals surface area contributed by atoms with Crippen LogP contribution in [-0.4, -0.2) is 0 Å². The molecule has 2 aliphatic rings. The van der Waals surface area contributed by atoms with Crippen LogP contribution in [0.5, 0.6) is 0 Å². The van der Waals surface area contributed by atoms with Crippen LogP contribution >= 0.6 is 0 Å². The Labute approximate surface area is 433 Å². The SMILES string of the molecule is CC1(C)c2ccccc2C2(c3ccc(-c4ccccc4N(c4ccccc4)c4ccc5ccccc5c4)cc3-c3ccc(-c4ccc(N(c5ccccc5)c5ccc6ccccc6c5)cc4)cc32)c2ccccc21. The van der Waals surface area contributed by atoms with Crippen molar-refractivity contribution in [2.45, 2.75) is 24.7 Å². The van der Waals surface area contributed by atoms with Crippen molar-refractivity contribution in [2.24, 2.45) is 0 Å². The molecule has 0 saturated heterocycles. The van der Waals surface area contributed by atoms with Crippen LogP contribution in [0, 0.1) is 0 Å². The van der Waals surface area contributed by atoms with Crippen LogP contribution < -0.4 is 9.80 Å². The molecule has 12 aromatic carbocycles. The first kappa shape index (κ1) is 43.5. The third kappa shape index (κ3) is 6.79. The number of benzene rings is 12. The van der Waals surface area contributed by atoms with Crippen LogP contribution in [0.3, 0.4) is 0 Å². The number of hydrogen-bond acceptors (Lipinski definition) is 2. The molecule has 0 fully saturated rings. The smallest absolute Gasteiger partial charge is 0.0719 e. The molecule has 350 valence electrons. The fraction of sp³-hybridized carbons (Fsp3) is 0.0556. The van der Waals surface area contributed by atoms with Crippen molar-refractivity contribution in [2.75, 3.05) is 9.80 Å².